The van der Waals surface area contributed by atoms with Crippen LogP contribution in [0.1, 0.15) is 11.1 Å². The van der Waals surface area contributed by atoms with E-state index in [1.54, 1.807) is 0 Å². The number of hydrogen-bond acceptors (Lipinski definition) is 1. The van der Waals surface area contributed by atoms with Crippen LogP contribution < -0.4 is 5.73 Å². The quantitative estimate of drug-likeness (QED) is 0.908. The highest BCUT2D eigenvalue weighted by atomic mass is 79.9. The first-order chi connectivity index (χ1) is 9.06. The van der Waals surface area contributed by atoms with Crippen LogP contribution in [0, 0.1) is 11.6 Å². The summed E-state index contributed by atoms with van der Waals surface area (Å²) < 4.78 is 28.0. The molecule has 0 spiro atoms. The SMILES string of the molecule is NC(Cc1ccc(Br)cc1)Cc1c(F)cccc1F. The fraction of sp³-hybridized carbons (Fsp3) is 0.200. The molecule has 0 radical (unpaired) electrons. The third-order valence-electron chi connectivity index (χ3n) is 2.94. The summed E-state index contributed by atoms with van der Waals surface area (Å²) in [5, 5.41) is 0. The summed E-state index contributed by atoms with van der Waals surface area (Å²) in [6.45, 7) is 0. The first kappa shape index (κ1) is 14.2. The molecule has 2 aromatic rings. The van der Waals surface area contributed by atoms with E-state index in [2.05, 4.69) is 15.9 Å². The van der Waals surface area contributed by atoms with Crippen molar-refractivity contribution in [1.82, 2.24) is 0 Å². The summed E-state index contributed by atoms with van der Waals surface area (Å²) >= 11 is 3.35. The van der Waals surface area contributed by atoms with Crippen molar-refractivity contribution in [2.45, 2.75) is 18.9 Å². The lowest BCUT2D eigenvalue weighted by atomic mass is 9.99. The lowest BCUT2D eigenvalue weighted by Gasteiger charge is -2.13. The van der Waals surface area contributed by atoms with Gasteiger partial charge in [0.05, 0.1) is 0 Å². The summed E-state index contributed by atoms with van der Waals surface area (Å²) in [4.78, 5) is 0. The van der Waals surface area contributed by atoms with Gasteiger partial charge in [-0.25, -0.2) is 8.78 Å². The Morgan fingerprint density at radius 1 is 0.947 bits per heavy atom. The minimum atomic E-state index is -0.536. The topological polar surface area (TPSA) is 26.0 Å². The molecule has 1 atom stereocenters. The van der Waals surface area contributed by atoms with Crippen LogP contribution in [0.25, 0.3) is 0 Å². The predicted octanol–water partition coefficient (Wildman–Crippen LogP) is 3.84. The lowest BCUT2D eigenvalue weighted by molar-refractivity contribution is 0.533. The summed E-state index contributed by atoms with van der Waals surface area (Å²) in [6, 6.07) is 11.3. The molecule has 100 valence electrons. The van der Waals surface area contributed by atoms with Crippen molar-refractivity contribution in [3.05, 3.63) is 69.7 Å². The van der Waals surface area contributed by atoms with Gasteiger partial charge < -0.3 is 5.73 Å². The summed E-state index contributed by atoms with van der Waals surface area (Å²) in [5.41, 5.74) is 7.08. The van der Waals surface area contributed by atoms with E-state index < -0.39 is 11.6 Å². The zero-order valence-electron chi connectivity index (χ0n) is 10.2. The van der Waals surface area contributed by atoms with Gasteiger partial charge in [-0.15, -0.1) is 0 Å². The molecule has 1 nitrogen and oxygen atoms in total. The normalized spacial score (nSPS) is 12.4. The maximum Gasteiger partial charge on any atom is 0.129 e. The van der Waals surface area contributed by atoms with Crippen LogP contribution in [0.5, 0.6) is 0 Å². The van der Waals surface area contributed by atoms with Crippen LogP contribution in [0.2, 0.25) is 0 Å². The van der Waals surface area contributed by atoms with Crippen LogP contribution >= 0.6 is 15.9 Å². The molecule has 0 heterocycles. The van der Waals surface area contributed by atoms with Gasteiger partial charge in [-0.05, 0) is 42.7 Å². The average molecular weight is 326 g/mol. The largest absolute Gasteiger partial charge is 0.327 e. The second-order valence-corrected chi connectivity index (χ2v) is 5.41. The van der Waals surface area contributed by atoms with Crippen molar-refractivity contribution in [2.75, 3.05) is 0 Å². The van der Waals surface area contributed by atoms with Crippen molar-refractivity contribution in [3.8, 4) is 0 Å². The van der Waals surface area contributed by atoms with E-state index in [-0.39, 0.29) is 18.0 Å². The van der Waals surface area contributed by atoms with Gasteiger partial charge in [0.15, 0.2) is 0 Å². The third kappa shape index (κ3) is 3.85. The summed E-state index contributed by atoms with van der Waals surface area (Å²) in [6.07, 6.45) is 0.773. The smallest absolute Gasteiger partial charge is 0.129 e. The van der Waals surface area contributed by atoms with Gasteiger partial charge in [-0.2, -0.15) is 0 Å². The van der Waals surface area contributed by atoms with E-state index in [1.165, 1.54) is 18.2 Å². The fourth-order valence-corrected chi connectivity index (χ4v) is 2.25. The van der Waals surface area contributed by atoms with Crippen molar-refractivity contribution in [1.29, 1.82) is 0 Å². The number of halogens is 3. The summed E-state index contributed by atoms with van der Waals surface area (Å²) in [7, 11) is 0. The first-order valence-electron chi connectivity index (χ1n) is 5.99. The Balaban J connectivity index is 2.05. The van der Waals surface area contributed by atoms with Gasteiger partial charge in [0.25, 0.3) is 0 Å². The molecule has 0 saturated carbocycles. The standard InChI is InChI=1S/C15H14BrF2N/c16-11-6-4-10(5-7-11)8-12(19)9-13-14(17)2-1-3-15(13)18/h1-7,12H,8-9,19H2. The van der Waals surface area contributed by atoms with Gasteiger partial charge in [-0.1, -0.05) is 34.1 Å². The number of nitrogens with two attached hydrogens (primary N) is 1. The molecule has 0 amide bonds. The van der Waals surface area contributed by atoms with E-state index >= 15 is 0 Å². The van der Waals surface area contributed by atoms with Crippen molar-refractivity contribution in [3.63, 3.8) is 0 Å². The molecular formula is C15H14BrF2N. The average Bonchev–Trinajstić information content (AvgIpc) is 2.37. The van der Waals surface area contributed by atoms with Gasteiger partial charge in [0.1, 0.15) is 11.6 Å². The molecule has 0 aliphatic heterocycles. The Labute approximate surface area is 119 Å². The second kappa shape index (κ2) is 6.26. The minimum absolute atomic E-state index is 0.0621. The Hall–Kier alpha value is -1.26. The van der Waals surface area contributed by atoms with E-state index in [0.717, 1.165) is 10.0 Å². The Morgan fingerprint density at radius 3 is 2.11 bits per heavy atom. The highest BCUT2D eigenvalue weighted by Gasteiger charge is 2.13. The molecule has 0 saturated heterocycles. The second-order valence-electron chi connectivity index (χ2n) is 4.50. The van der Waals surface area contributed by atoms with Crippen molar-refractivity contribution < 1.29 is 8.78 Å². The van der Waals surface area contributed by atoms with Crippen LogP contribution in [0.15, 0.2) is 46.9 Å². The number of hydrogen-bond donors (Lipinski definition) is 1. The molecule has 0 fully saturated rings. The maximum atomic E-state index is 13.5. The van der Waals surface area contributed by atoms with E-state index in [4.69, 9.17) is 5.73 Å². The van der Waals surface area contributed by atoms with Crippen molar-refractivity contribution in [2.24, 2.45) is 5.73 Å². The Morgan fingerprint density at radius 2 is 1.53 bits per heavy atom. The van der Waals surface area contributed by atoms with Crippen LogP contribution in [-0.4, -0.2) is 6.04 Å². The van der Waals surface area contributed by atoms with Gasteiger partial charge in [0, 0.05) is 16.1 Å². The van der Waals surface area contributed by atoms with E-state index in [0.29, 0.717) is 6.42 Å². The molecule has 0 aliphatic carbocycles. The maximum absolute atomic E-state index is 13.5. The van der Waals surface area contributed by atoms with Gasteiger partial charge >= 0.3 is 0 Å². The molecule has 0 bridgehead atoms. The molecule has 19 heavy (non-hydrogen) atoms. The lowest BCUT2D eigenvalue weighted by Crippen LogP contribution is -2.26. The first-order valence-corrected chi connectivity index (χ1v) is 6.78. The molecular weight excluding hydrogens is 312 g/mol. The molecule has 2 rings (SSSR count). The van der Waals surface area contributed by atoms with Crippen LogP contribution in [-0.2, 0) is 12.8 Å². The molecule has 4 heteroatoms. The molecule has 2 N–H and O–H groups in total. The molecule has 0 aromatic heterocycles. The van der Waals surface area contributed by atoms with E-state index in [9.17, 15) is 8.78 Å². The van der Waals surface area contributed by atoms with E-state index in [1.807, 2.05) is 24.3 Å². The zero-order valence-corrected chi connectivity index (χ0v) is 11.8. The van der Waals surface area contributed by atoms with Crippen molar-refractivity contribution >= 4 is 15.9 Å². The van der Waals surface area contributed by atoms with Gasteiger partial charge in [-0.3, -0.25) is 0 Å². The van der Waals surface area contributed by atoms with Gasteiger partial charge in [0.2, 0.25) is 0 Å². The minimum Gasteiger partial charge on any atom is -0.327 e. The number of benzene rings is 2. The zero-order chi connectivity index (χ0) is 13.8. The number of rotatable bonds is 4. The fourth-order valence-electron chi connectivity index (χ4n) is 1.98. The van der Waals surface area contributed by atoms with Crippen LogP contribution in [0.3, 0.4) is 0 Å². The highest BCUT2D eigenvalue weighted by Crippen LogP contribution is 2.16. The van der Waals surface area contributed by atoms with Crippen LogP contribution in [0.4, 0.5) is 8.78 Å². The summed E-state index contributed by atoms with van der Waals surface area (Å²) in [5.74, 6) is -1.07. The molecule has 2 aromatic carbocycles. The Kier molecular flexibility index (Phi) is 4.66. The third-order valence-corrected chi connectivity index (χ3v) is 3.47. The monoisotopic (exact) mass is 325 g/mol. The predicted molar refractivity (Wildman–Crippen MR) is 75.9 cm³/mol. The Bertz CT molecular complexity index is 534. The highest BCUT2D eigenvalue weighted by molar-refractivity contribution is 9.10. The molecule has 1 unspecified atom stereocenters. The molecule has 0 aliphatic rings.